The summed E-state index contributed by atoms with van der Waals surface area (Å²) in [6.07, 6.45) is 0. The van der Waals surface area contributed by atoms with E-state index >= 15 is 0 Å². The van der Waals surface area contributed by atoms with Crippen molar-refractivity contribution in [3.8, 4) is 29.0 Å². The van der Waals surface area contributed by atoms with Crippen molar-refractivity contribution in [2.45, 2.75) is 5.22 Å². The van der Waals surface area contributed by atoms with E-state index in [2.05, 4.69) is 22.0 Å². The first-order valence-electron chi connectivity index (χ1n) is 5.51. The van der Waals surface area contributed by atoms with Gasteiger partial charge in [-0.25, -0.2) is 0 Å². The van der Waals surface area contributed by atoms with Gasteiger partial charge in [0.05, 0.1) is 18.4 Å². The molecule has 1 aromatic heterocycles. The molecular weight excluding hydrogens is 264 g/mol. The molecule has 0 unspecified atom stereocenters. The van der Waals surface area contributed by atoms with Gasteiger partial charge in [-0.05, 0) is 12.1 Å². The molecule has 0 spiro atoms. The van der Waals surface area contributed by atoms with Crippen LogP contribution in [0.2, 0.25) is 0 Å². The number of thioether (sulfide) groups is 1. The number of aliphatic hydroxyl groups is 1. The lowest BCUT2D eigenvalue weighted by Crippen LogP contribution is -1.87. The fraction of sp³-hybridized carbons (Fsp3) is 0.231. The van der Waals surface area contributed by atoms with Gasteiger partial charge in [0, 0.05) is 0 Å². The lowest BCUT2D eigenvalue weighted by atomic mass is 10.2. The Morgan fingerprint density at radius 3 is 2.95 bits per heavy atom. The van der Waals surface area contributed by atoms with E-state index in [1.165, 1.54) is 11.8 Å². The highest BCUT2D eigenvalue weighted by Gasteiger charge is 2.12. The van der Waals surface area contributed by atoms with Gasteiger partial charge in [-0.2, -0.15) is 0 Å². The van der Waals surface area contributed by atoms with Crippen molar-refractivity contribution >= 4 is 11.8 Å². The average Bonchev–Trinajstić information content (AvgIpc) is 2.92. The van der Waals surface area contributed by atoms with Crippen LogP contribution in [0.15, 0.2) is 33.9 Å². The first kappa shape index (κ1) is 13.5. The minimum Gasteiger partial charge on any atom is -0.496 e. The van der Waals surface area contributed by atoms with Crippen LogP contribution in [0.25, 0.3) is 11.5 Å². The van der Waals surface area contributed by atoms with Crippen molar-refractivity contribution in [2.75, 3.05) is 19.5 Å². The van der Waals surface area contributed by atoms with Crippen LogP contribution in [-0.4, -0.2) is 34.8 Å². The molecule has 98 valence electrons. The van der Waals surface area contributed by atoms with Crippen LogP contribution in [0.4, 0.5) is 0 Å². The molecule has 0 fully saturated rings. The monoisotopic (exact) mass is 276 g/mol. The SMILES string of the molecule is COc1ccccc1-c1nnc(SCC#CCO)o1. The average molecular weight is 276 g/mol. The van der Waals surface area contributed by atoms with Gasteiger partial charge >= 0.3 is 0 Å². The minimum atomic E-state index is -0.142. The Morgan fingerprint density at radius 2 is 2.16 bits per heavy atom. The van der Waals surface area contributed by atoms with Gasteiger partial charge in [-0.3, -0.25) is 0 Å². The van der Waals surface area contributed by atoms with Crippen LogP contribution in [-0.2, 0) is 0 Å². The summed E-state index contributed by atoms with van der Waals surface area (Å²) in [5, 5.41) is 16.9. The summed E-state index contributed by atoms with van der Waals surface area (Å²) in [6, 6.07) is 7.44. The minimum absolute atomic E-state index is 0.142. The zero-order valence-electron chi connectivity index (χ0n) is 10.3. The van der Waals surface area contributed by atoms with Crippen molar-refractivity contribution in [1.82, 2.24) is 10.2 Å². The van der Waals surface area contributed by atoms with E-state index in [4.69, 9.17) is 14.3 Å². The molecule has 19 heavy (non-hydrogen) atoms. The van der Waals surface area contributed by atoms with E-state index in [-0.39, 0.29) is 6.61 Å². The summed E-state index contributed by atoms with van der Waals surface area (Å²) in [5.41, 5.74) is 0.755. The number of methoxy groups -OCH3 is 1. The number of benzene rings is 1. The first-order chi connectivity index (χ1) is 9.35. The van der Waals surface area contributed by atoms with E-state index in [1.54, 1.807) is 7.11 Å². The van der Waals surface area contributed by atoms with Crippen molar-refractivity contribution in [2.24, 2.45) is 0 Å². The summed E-state index contributed by atoms with van der Waals surface area (Å²) >= 11 is 1.32. The number of nitrogens with zero attached hydrogens (tertiary/aromatic N) is 2. The van der Waals surface area contributed by atoms with Gasteiger partial charge in [-0.1, -0.05) is 35.7 Å². The van der Waals surface area contributed by atoms with Crippen LogP contribution in [0.1, 0.15) is 0 Å². The highest BCUT2D eigenvalue weighted by atomic mass is 32.2. The maximum atomic E-state index is 8.53. The summed E-state index contributed by atoms with van der Waals surface area (Å²) in [5.74, 6) is 6.91. The van der Waals surface area contributed by atoms with E-state index in [0.29, 0.717) is 22.6 Å². The largest absolute Gasteiger partial charge is 0.496 e. The van der Waals surface area contributed by atoms with Crippen molar-refractivity contribution in [3.63, 3.8) is 0 Å². The molecule has 0 aliphatic rings. The standard InChI is InChI=1S/C13H12N2O3S/c1-17-11-7-3-2-6-10(11)12-14-15-13(18-12)19-9-5-4-8-16/h2-3,6-7,16H,8-9H2,1H3. The molecule has 2 aromatic rings. The van der Waals surface area contributed by atoms with Crippen LogP contribution >= 0.6 is 11.8 Å². The van der Waals surface area contributed by atoms with Gasteiger partial charge in [0.25, 0.3) is 11.1 Å². The number of aliphatic hydroxyl groups excluding tert-OH is 1. The molecule has 1 heterocycles. The van der Waals surface area contributed by atoms with Crippen LogP contribution in [0.3, 0.4) is 0 Å². The number of para-hydroxylation sites is 1. The quantitative estimate of drug-likeness (QED) is 0.679. The third kappa shape index (κ3) is 3.50. The van der Waals surface area contributed by atoms with Gasteiger partial charge in [-0.15, -0.1) is 10.2 Å². The topological polar surface area (TPSA) is 68.4 Å². The smallest absolute Gasteiger partial charge is 0.277 e. The third-order valence-electron chi connectivity index (χ3n) is 2.22. The Hall–Kier alpha value is -1.97. The molecule has 5 nitrogen and oxygen atoms in total. The van der Waals surface area contributed by atoms with E-state index in [0.717, 1.165) is 5.56 Å². The van der Waals surface area contributed by atoms with E-state index in [1.807, 2.05) is 24.3 Å². The van der Waals surface area contributed by atoms with Crippen LogP contribution in [0.5, 0.6) is 5.75 Å². The maximum Gasteiger partial charge on any atom is 0.277 e. The second-order valence-corrected chi connectivity index (χ2v) is 4.30. The molecule has 0 atom stereocenters. The lowest BCUT2D eigenvalue weighted by molar-refractivity contribution is 0.350. The predicted molar refractivity (Wildman–Crippen MR) is 71.9 cm³/mol. The molecule has 0 saturated heterocycles. The van der Waals surface area contributed by atoms with Gasteiger partial charge in [0.1, 0.15) is 12.4 Å². The fourth-order valence-electron chi connectivity index (χ4n) is 1.40. The zero-order chi connectivity index (χ0) is 13.5. The van der Waals surface area contributed by atoms with Crippen LogP contribution in [0, 0.1) is 11.8 Å². The van der Waals surface area contributed by atoms with Gasteiger partial charge < -0.3 is 14.3 Å². The lowest BCUT2D eigenvalue weighted by Gasteiger charge is -2.02. The van der Waals surface area contributed by atoms with Crippen molar-refractivity contribution < 1.29 is 14.3 Å². The van der Waals surface area contributed by atoms with Gasteiger partial charge in [0.15, 0.2) is 0 Å². The zero-order valence-corrected chi connectivity index (χ0v) is 11.1. The summed E-state index contributed by atoms with van der Waals surface area (Å²) in [6.45, 7) is -0.142. The van der Waals surface area contributed by atoms with E-state index < -0.39 is 0 Å². The van der Waals surface area contributed by atoms with Crippen molar-refractivity contribution in [3.05, 3.63) is 24.3 Å². The number of rotatable bonds is 4. The molecule has 0 amide bonds. The fourth-order valence-corrected chi connectivity index (χ4v) is 1.94. The molecule has 0 saturated carbocycles. The van der Waals surface area contributed by atoms with Crippen LogP contribution < -0.4 is 4.74 Å². The molecule has 1 N–H and O–H groups in total. The summed E-state index contributed by atoms with van der Waals surface area (Å²) in [7, 11) is 1.59. The molecule has 1 aromatic carbocycles. The first-order valence-corrected chi connectivity index (χ1v) is 6.50. The molecular formula is C13H12N2O3S. The highest BCUT2D eigenvalue weighted by Crippen LogP contribution is 2.30. The highest BCUT2D eigenvalue weighted by molar-refractivity contribution is 7.99. The molecule has 0 aliphatic heterocycles. The summed E-state index contributed by atoms with van der Waals surface area (Å²) < 4.78 is 10.8. The number of hydrogen-bond acceptors (Lipinski definition) is 6. The summed E-state index contributed by atoms with van der Waals surface area (Å²) in [4.78, 5) is 0. The normalized spacial score (nSPS) is 9.79. The number of aromatic nitrogens is 2. The number of hydrogen-bond donors (Lipinski definition) is 1. The van der Waals surface area contributed by atoms with Gasteiger partial charge in [0.2, 0.25) is 0 Å². The molecule has 0 radical (unpaired) electrons. The Labute approximate surface area is 115 Å². The second-order valence-electron chi connectivity index (χ2n) is 3.37. The second kappa shape index (κ2) is 6.83. The maximum absolute atomic E-state index is 8.53. The predicted octanol–water partition coefficient (Wildman–Crippen LogP) is 1.83. The Balaban J connectivity index is 2.12. The molecule has 2 rings (SSSR count). The Morgan fingerprint density at radius 1 is 1.32 bits per heavy atom. The molecule has 0 bridgehead atoms. The third-order valence-corrected chi connectivity index (χ3v) is 2.92. The number of ether oxygens (including phenoxy) is 1. The molecule has 6 heteroatoms. The Kier molecular flexibility index (Phi) is 4.84. The van der Waals surface area contributed by atoms with E-state index in [9.17, 15) is 0 Å². The van der Waals surface area contributed by atoms with Crippen molar-refractivity contribution in [1.29, 1.82) is 0 Å². The Bertz CT molecular complexity index is 601. The molecule has 0 aliphatic carbocycles.